The average Bonchev–Trinajstić information content (AvgIpc) is 2.43. The van der Waals surface area contributed by atoms with Crippen LogP contribution in [0.4, 0.5) is 10.5 Å². The highest BCUT2D eigenvalue weighted by atomic mass is 127. The molecule has 1 N–H and O–H groups in total. The second-order valence-electron chi connectivity index (χ2n) is 4.73. The summed E-state index contributed by atoms with van der Waals surface area (Å²) < 4.78 is 6.13. The number of ether oxygens (including phenoxy) is 1. The van der Waals surface area contributed by atoms with Crippen LogP contribution in [0.3, 0.4) is 0 Å². The maximum Gasteiger partial charge on any atom is 0.409 e. The first-order valence-corrected chi connectivity index (χ1v) is 8.19. The summed E-state index contributed by atoms with van der Waals surface area (Å²) in [7, 11) is 0. The molecule has 4 nitrogen and oxygen atoms in total. The van der Waals surface area contributed by atoms with E-state index < -0.39 is 0 Å². The van der Waals surface area contributed by atoms with Crippen LogP contribution in [0.15, 0.2) is 18.2 Å². The maximum absolute atomic E-state index is 11.6. The Morgan fingerprint density at radius 2 is 2.20 bits per heavy atom. The SMILES string of the molecule is CCOC(=O)N1CCC(Nc2ccc(Cl)cc2I)CC1. The molecule has 0 atom stereocenters. The van der Waals surface area contributed by atoms with Crippen molar-refractivity contribution in [2.75, 3.05) is 25.0 Å². The number of hydrogen-bond donors (Lipinski definition) is 1. The summed E-state index contributed by atoms with van der Waals surface area (Å²) in [5.74, 6) is 0. The Bertz CT molecular complexity index is 476. The Hall–Kier alpha value is -0.690. The van der Waals surface area contributed by atoms with Crippen molar-refractivity contribution >= 4 is 46.0 Å². The van der Waals surface area contributed by atoms with Crippen molar-refractivity contribution in [3.8, 4) is 0 Å². The number of anilines is 1. The van der Waals surface area contributed by atoms with Crippen LogP contribution in [-0.2, 0) is 4.74 Å². The monoisotopic (exact) mass is 408 g/mol. The molecule has 1 amide bonds. The molecule has 2 rings (SSSR count). The maximum atomic E-state index is 11.6. The van der Waals surface area contributed by atoms with E-state index in [-0.39, 0.29) is 6.09 Å². The summed E-state index contributed by atoms with van der Waals surface area (Å²) in [6, 6.07) is 6.22. The van der Waals surface area contributed by atoms with Crippen molar-refractivity contribution in [1.82, 2.24) is 4.90 Å². The Kier molecular flexibility index (Phi) is 5.77. The van der Waals surface area contributed by atoms with E-state index in [2.05, 4.69) is 27.9 Å². The van der Waals surface area contributed by atoms with E-state index in [9.17, 15) is 4.79 Å². The summed E-state index contributed by atoms with van der Waals surface area (Å²) in [6.45, 7) is 3.73. The molecule has 1 aromatic rings. The lowest BCUT2D eigenvalue weighted by atomic mass is 10.1. The van der Waals surface area contributed by atoms with Crippen molar-refractivity contribution in [1.29, 1.82) is 0 Å². The highest BCUT2D eigenvalue weighted by Gasteiger charge is 2.23. The van der Waals surface area contributed by atoms with Crippen LogP contribution in [0, 0.1) is 3.57 Å². The zero-order chi connectivity index (χ0) is 14.5. The van der Waals surface area contributed by atoms with Gasteiger partial charge in [-0.15, -0.1) is 0 Å². The van der Waals surface area contributed by atoms with Crippen LogP contribution < -0.4 is 5.32 Å². The van der Waals surface area contributed by atoms with Gasteiger partial charge in [-0.2, -0.15) is 0 Å². The number of halogens is 2. The normalized spacial score (nSPS) is 16.1. The van der Waals surface area contributed by atoms with Crippen molar-refractivity contribution < 1.29 is 9.53 Å². The molecule has 0 aliphatic carbocycles. The molecule has 0 aromatic heterocycles. The summed E-state index contributed by atoms with van der Waals surface area (Å²) in [5.41, 5.74) is 1.10. The van der Waals surface area contributed by atoms with E-state index in [1.54, 1.807) is 4.90 Å². The Morgan fingerprint density at radius 1 is 1.50 bits per heavy atom. The summed E-state index contributed by atoms with van der Waals surface area (Å²) >= 11 is 8.23. The average molecular weight is 409 g/mol. The zero-order valence-corrected chi connectivity index (χ0v) is 14.3. The van der Waals surface area contributed by atoms with Gasteiger partial charge in [0.25, 0.3) is 0 Å². The standard InChI is InChI=1S/C14H18ClIN2O2/c1-2-20-14(19)18-7-5-11(6-8-18)17-13-4-3-10(15)9-12(13)16/h3-4,9,11,17H,2,5-8H2,1H3. The van der Waals surface area contributed by atoms with Crippen molar-refractivity contribution in [2.24, 2.45) is 0 Å². The van der Waals surface area contributed by atoms with Gasteiger partial charge in [0.15, 0.2) is 0 Å². The van der Waals surface area contributed by atoms with Crippen LogP contribution in [-0.4, -0.2) is 36.7 Å². The van der Waals surface area contributed by atoms with Gasteiger partial charge in [0.05, 0.1) is 6.61 Å². The van der Waals surface area contributed by atoms with Gasteiger partial charge in [0, 0.05) is 33.4 Å². The van der Waals surface area contributed by atoms with Crippen molar-refractivity contribution in [2.45, 2.75) is 25.8 Å². The van der Waals surface area contributed by atoms with Gasteiger partial charge in [-0.1, -0.05) is 11.6 Å². The number of carbonyl (C=O) groups excluding carboxylic acids is 1. The highest BCUT2D eigenvalue weighted by Crippen LogP contribution is 2.25. The van der Waals surface area contributed by atoms with E-state index in [1.165, 1.54) is 0 Å². The van der Waals surface area contributed by atoms with Crippen LogP contribution in [0.25, 0.3) is 0 Å². The molecule has 1 aliphatic heterocycles. The van der Waals surface area contributed by atoms with Crippen molar-refractivity contribution in [3.05, 3.63) is 26.8 Å². The van der Waals surface area contributed by atoms with Gasteiger partial charge < -0.3 is 15.0 Å². The highest BCUT2D eigenvalue weighted by molar-refractivity contribution is 14.1. The number of benzene rings is 1. The third-order valence-corrected chi connectivity index (χ3v) is 4.44. The first kappa shape index (κ1) is 15.7. The molecule has 6 heteroatoms. The van der Waals surface area contributed by atoms with E-state index in [0.717, 1.165) is 40.2 Å². The Labute approximate surface area is 137 Å². The Balaban J connectivity index is 1.86. The van der Waals surface area contributed by atoms with Crippen LogP contribution in [0.5, 0.6) is 0 Å². The summed E-state index contributed by atoms with van der Waals surface area (Å²) in [4.78, 5) is 13.4. The molecule has 1 heterocycles. The molecular weight excluding hydrogens is 391 g/mol. The topological polar surface area (TPSA) is 41.6 Å². The fourth-order valence-corrected chi connectivity index (χ4v) is 3.27. The summed E-state index contributed by atoms with van der Waals surface area (Å²) in [5, 5.41) is 4.27. The molecule has 1 aromatic carbocycles. The number of nitrogens with one attached hydrogen (secondary N) is 1. The Morgan fingerprint density at radius 3 is 2.80 bits per heavy atom. The quantitative estimate of drug-likeness (QED) is 0.769. The largest absolute Gasteiger partial charge is 0.450 e. The van der Waals surface area contributed by atoms with Gasteiger partial charge in [-0.05, 0) is 60.6 Å². The fraction of sp³-hybridized carbons (Fsp3) is 0.500. The number of amides is 1. The molecule has 1 fully saturated rings. The minimum absolute atomic E-state index is 0.202. The number of piperidine rings is 1. The third kappa shape index (κ3) is 4.15. The molecule has 0 radical (unpaired) electrons. The van der Waals surface area contributed by atoms with Gasteiger partial charge in [-0.25, -0.2) is 4.79 Å². The lowest BCUT2D eigenvalue weighted by Gasteiger charge is -2.32. The molecule has 0 saturated carbocycles. The van der Waals surface area contributed by atoms with Crippen molar-refractivity contribution in [3.63, 3.8) is 0 Å². The molecule has 110 valence electrons. The molecule has 0 bridgehead atoms. The number of carbonyl (C=O) groups is 1. The predicted molar refractivity (Wildman–Crippen MR) is 89.4 cm³/mol. The van der Waals surface area contributed by atoms with Gasteiger partial charge in [0.1, 0.15) is 0 Å². The van der Waals surface area contributed by atoms with Gasteiger partial charge in [0.2, 0.25) is 0 Å². The molecule has 20 heavy (non-hydrogen) atoms. The number of likely N-dealkylation sites (tertiary alicyclic amines) is 1. The number of hydrogen-bond acceptors (Lipinski definition) is 3. The lowest BCUT2D eigenvalue weighted by Crippen LogP contribution is -2.42. The molecule has 1 aliphatic rings. The first-order valence-electron chi connectivity index (χ1n) is 6.73. The van der Waals surface area contributed by atoms with Gasteiger partial charge in [-0.3, -0.25) is 0 Å². The van der Waals surface area contributed by atoms with E-state index in [0.29, 0.717) is 12.6 Å². The lowest BCUT2D eigenvalue weighted by molar-refractivity contribution is 0.0983. The van der Waals surface area contributed by atoms with E-state index in [4.69, 9.17) is 16.3 Å². The zero-order valence-electron chi connectivity index (χ0n) is 11.4. The minimum atomic E-state index is -0.202. The second kappa shape index (κ2) is 7.36. The first-order chi connectivity index (χ1) is 9.60. The fourth-order valence-electron chi connectivity index (χ4n) is 2.25. The summed E-state index contributed by atoms with van der Waals surface area (Å²) in [6.07, 6.45) is 1.65. The van der Waals surface area contributed by atoms with E-state index in [1.807, 2.05) is 25.1 Å². The molecule has 1 saturated heterocycles. The smallest absolute Gasteiger partial charge is 0.409 e. The van der Waals surface area contributed by atoms with Crippen LogP contribution in [0.1, 0.15) is 19.8 Å². The van der Waals surface area contributed by atoms with E-state index >= 15 is 0 Å². The molecule has 0 spiro atoms. The predicted octanol–water partition coefficient (Wildman–Crippen LogP) is 3.98. The van der Waals surface area contributed by atoms with Crippen LogP contribution >= 0.6 is 34.2 Å². The molecular formula is C14H18ClIN2O2. The third-order valence-electron chi connectivity index (χ3n) is 3.31. The van der Waals surface area contributed by atoms with Gasteiger partial charge >= 0.3 is 6.09 Å². The number of nitrogens with zero attached hydrogens (tertiary/aromatic N) is 1. The minimum Gasteiger partial charge on any atom is -0.450 e. The number of rotatable bonds is 3. The molecule has 0 unspecified atom stereocenters. The van der Waals surface area contributed by atoms with Crippen LogP contribution in [0.2, 0.25) is 5.02 Å². The second-order valence-corrected chi connectivity index (χ2v) is 6.33.